The van der Waals surface area contributed by atoms with Crippen LogP contribution in [-0.4, -0.2) is 52.6 Å². The number of thiazole rings is 1. The van der Waals surface area contributed by atoms with Crippen molar-refractivity contribution < 1.29 is 9.53 Å². The van der Waals surface area contributed by atoms with Crippen LogP contribution in [0.5, 0.6) is 5.75 Å². The Hall–Kier alpha value is -3.72. The maximum Gasteiger partial charge on any atom is 0.266 e. The number of rotatable bonds is 7. The van der Waals surface area contributed by atoms with E-state index in [-0.39, 0.29) is 17.6 Å². The molecular weight excluding hydrogens is 568 g/mol. The summed E-state index contributed by atoms with van der Waals surface area (Å²) >= 11 is 7.47. The number of hydrogen-bond acceptors (Lipinski definition) is 6. The molecule has 0 saturated carbocycles. The molecule has 5 rings (SSSR count). The Morgan fingerprint density at radius 2 is 1.81 bits per heavy atom. The van der Waals surface area contributed by atoms with Gasteiger partial charge in [0.1, 0.15) is 10.8 Å². The number of halogens is 1. The first-order chi connectivity index (χ1) is 20.1. The number of allylic oxidation sites excluding steroid dienone is 1. The summed E-state index contributed by atoms with van der Waals surface area (Å²) in [5.41, 5.74) is 5.23. The molecule has 0 aliphatic carbocycles. The summed E-state index contributed by atoms with van der Waals surface area (Å²) in [6, 6.07) is 14.9. The predicted molar refractivity (Wildman–Crippen MR) is 172 cm³/mol. The number of nitrogens with zero attached hydrogens (tertiary/aromatic N) is 3. The summed E-state index contributed by atoms with van der Waals surface area (Å²) in [6.07, 6.45) is 1.79. The standard InChI is InChI=1S/C33H35ClN4O3S/c1-20(2)16-28-25(32(39)37-14-12-35-13-15-37)18-26(31-36-27(19-42-31)23-7-9-24(34)10-8-23)33(40)38(28)29-17-22(5)6-11-30(29)41-21(3)4/h6-11,16-19,21,35H,12-15H2,1-5H3. The van der Waals surface area contributed by atoms with E-state index in [0.717, 1.165) is 35.5 Å². The number of piperazine rings is 1. The first-order valence-corrected chi connectivity index (χ1v) is 15.3. The fourth-order valence-electron chi connectivity index (χ4n) is 4.95. The Bertz CT molecular complexity index is 1700. The smallest absolute Gasteiger partial charge is 0.266 e. The molecule has 1 aliphatic heterocycles. The van der Waals surface area contributed by atoms with E-state index in [2.05, 4.69) is 5.32 Å². The van der Waals surface area contributed by atoms with Gasteiger partial charge in [-0.15, -0.1) is 11.3 Å². The normalized spacial score (nSPS) is 13.4. The molecule has 3 heterocycles. The van der Waals surface area contributed by atoms with Gasteiger partial charge < -0.3 is 15.0 Å². The average Bonchev–Trinajstić information content (AvgIpc) is 3.44. The fraction of sp³-hybridized carbons (Fsp3) is 0.303. The van der Waals surface area contributed by atoms with Crippen molar-refractivity contribution in [3.8, 4) is 33.3 Å². The molecule has 0 atom stereocenters. The van der Waals surface area contributed by atoms with Crippen LogP contribution in [0.4, 0.5) is 0 Å². The van der Waals surface area contributed by atoms with Gasteiger partial charge in [0.15, 0.2) is 0 Å². The van der Waals surface area contributed by atoms with Crippen LogP contribution >= 0.6 is 22.9 Å². The molecule has 0 radical (unpaired) electrons. The number of aromatic nitrogens is 2. The van der Waals surface area contributed by atoms with E-state index >= 15 is 0 Å². The average molecular weight is 603 g/mol. The van der Waals surface area contributed by atoms with Gasteiger partial charge in [0, 0.05) is 42.1 Å². The minimum Gasteiger partial charge on any atom is -0.489 e. The van der Waals surface area contributed by atoms with Crippen molar-refractivity contribution in [3.05, 3.63) is 91.7 Å². The molecule has 0 spiro atoms. The fourth-order valence-corrected chi connectivity index (χ4v) is 5.92. The van der Waals surface area contributed by atoms with Crippen LogP contribution in [0, 0.1) is 6.92 Å². The molecule has 1 aliphatic rings. The van der Waals surface area contributed by atoms with Crippen LogP contribution in [0.3, 0.4) is 0 Å². The highest BCUT2D eigenvalue weighted by Crippen LogP contribution is 2.33. The monoisotopic (exact) mass is 602 g/mol. The summed E-state index contributed by atoms with van der Waals surface area (Å²) in [5, 5.41) is 6.41. The maximum atomic E-state index is 14.6. The van der Waals surface area contributed by atoms with Crippen molar-refractivity contribution in [2.75, 3.05) is 26.2 Å². The second-order valence-electron chi connectivity index (χ2n) is 10.9. The third kappa shape index (κ3) is 6.36. The highest BCUT2D eigenvalue weighted by atomic mass is 35.5. The number of pyridine rings is 1. The Morgan fingerprint density at radius 3 is 2.48 bits per heavy atom. The molecule has 0 unspecified atom stereocenters. The molecule has 7 nitrogen and oxygen atoms in total. The van der Waals surface area contributed by atoms with E-state index in [4.69, 9.17) is 21.3 Å². The number of carbonyl (C=O) groups is 1. The van der Waals surface area contributed by atoms with E-state index in [9.17, 15) is 9.59 Å². The SMILES string of the molecule is CC(C)=Cc1c(C(=O)N2CCNCC2)cc(-c2nc(-c3ccc(Cl)cc3)cs2)c(=O)n1-c1cc(C)ccc1OC(C)C. The van der Waals surface area contributed by atoms with Crippen molar-refractivity contribution in [1.29, 1.82) is 0 Å². The highest BCUT2D eigenvalue weighted by molar-refractivity contribution is 7.13. The van der Waals surface area contributed by atoms with E-state index in [1.54, 1.807) is 10.6 Å². The van der Waals surface area contributed by atoms with Crippen LogP contribution in [0.25, 0.3) is 33.6 Å². The molecular formula is C33H35ClN4O3S. The van der Waals surface area contributed by atoms with E-state index < -0.39 is 0 Å². The van der Waals surface area contributed by atoms with Gasteiger partial charge in [0.2, 0.25) is 0 Å². The molecule has 4 aromatic rings. The summed E-state index contributed by atoms with van der Waals surface area (Å²) < 4.78 is 7.83. The first-order valence-electron chi connectivity index (χ1n) is 14.1. The summed E-state index contributed by atoms with van der Waals surface area (Å²) in [7, 11) is 0. The number of aryl methyl sites for hydroxylation is 1. The lowest BCUT2D eigenvalue weighted by Gasteiger charge is -2.29. The van der Waals surface area contributed by atoms with Gasteiger partial charge in [-0.2, -0.15) is 0 Å². The Kier molecular flexibility index (Phi) is 8.96. The topological polar surface area (TPSA) is 76.5 Å². The summed E-state index contributed by atoms with van der Waals surface area (Å²) in [5.74, 6) is 0.451. The molecule has 42 heavy (non-hydrogen) atoms. The maximum absolute atomic E-state index is 14.6. The van der Waals surface area contributed by atoms with Crippen molar-refractivity contribution in [2.24, 2.45) is 0 Å². The van der Waals surface area contributed by atoms with Crippen LogP contribution in [0.2, 0.25) is 5.02 Å². The number of ether oxygens (including phenoxy) is 1. The van der Waals surface area contributed by atoms with Crippen molar-refractivity contribution in [2.45, 2.75) is 40.7 Å². The molecule has 0 bridgehead atoms. The number of hydrogen-bond donors (Lipinski definition) is 1. The van der Waals surface area contributed by atoms with Crippen LogP contribution < -0.4 is 15.6 Å². The molecule has 1 fully saturated rings. The Labute approximate surface area is 255 Å². The zero-order valence-electron chi connectivity index (χ0n) is 24.5. The van der Waals surface area contributed by atoms with Crippen molar-refractivity contribution >= 4 is 34.9 Å². The molecule has 9 heteroatoms. The van der Waals surface area contributed by atoms with Crippen LogP contribution in [0.15, 0.2) is 64.3 Å². The highest BCUT2D eigenvalue weighted by Gasteiger charge is 2.27. The minimum absolute atomic E-state index is 0.111. The second-order valence-corrected chi connectivity index (χ2v) is 12.2. The second kappa shape index (κ2) is 12.7. The van der Waals surface area contributed by atoms with Gasteiger partial charge in [-0.3, -0.25) is 14.2 Å². The largest absolute Gasteiger partial charge is 0.489 e. The molecule has 1 amide bonds. The van der Waals surface area contributed by atoms with Crippen molar-refractivity contribution in [3.63, 3.8) is 0 Å². The van der Waals surface area contributed by atoms with E-state index in [1.807, 2.05) is 93.4 Å². The molecule has 218 valence electrons. The molecule has 1 N–H and O–H groups in total. The minimum atomic E-state index is -0.268. The number of benzene rings is 2. The quantitative estimate of drug-likeness (QED) is 0.250. The third-order valence-electron chi connectivity index (χ3n) is 6.89. The third-order valence-corrected chi connectivity index (χ3v) is 8.02. The Balaban J connectivity index is 1.80. The van der Waals surface area contributed by atoms with Gasteiger partial charge in [0.25, 0.3) is 11.5 Å². The molecule has 2 aromatic carbocycles. The van der Waals surface area contributed by atoms with Gasteiger partial charge in [-0.25, -0.2) is 4.98 Å². The van der Waals surface area contributed by atoms with Gasteiger partial charge in [0.05, 0.1) is 34.3 Å². The molecule has 2 aromatic heterocycles. The Morgan fingerprint density at radius 1 is 1.10 bits per heavy atom. The zero-order valence-corrected chi connectivity index (χ0v) is 26.1. The lowest BCUT2D eigenvalue weighted by molar-refractivity contribution is 0.0735. The van der Waals surface area contributed by atoms with Crippen LogP contribution in [0.1, 0.15) is 49.3 Å². The summed E-state index contributed by atoms with van der Waals surface area (Å²) in [4.78, 5) is 35.4. The predicted octanol–water partition coefficient (Wildman–Crippen LogP) is 6.85. The van der Waals surface area contributed by atoms with Gasteiger partial charge in [-0.05, 0) is 76.6 Å². The number of carbonyl (C=O) groups excluding carboxylic acids is 1. The van der Waals surface area contributed by atoms with Crippen LogP contribution in [-0.2, 0) is 0 Å². The lowest BCUT2D eigenvalue weighted by Crippen LogP contribution is -2.47. The molecule has 1 saturated heterocycles. The van der Waals surface area contributed by atoms with Crippen molar-refractivity contribution in [1.82, 2.24) is 19.8 Å². The summed E-state index contributed by atoms with van der Waals surface area (Å²) in [6.45, 7) is 12.4. The van der Waals surface area contributed by atoms with Gasteiger partial charge in [-0.1, -0.05) is 35.4 Å². The van der Waals surface area contributed by atoms with Gasteiger partial charge >= 0.3 is 0 Å². The first kappa shape index (κ1) is 29.8. The van der Waals surface area contributed by atoms with E-state index in [1.165, 1.54) is 11.3 Å². The van der Waals surface area contributed by atoms with E-state index in [0.29, 0.717) is 51.4 Å². The number of amides is 1. The zero-order chi connectivity index (χ0) is 30.0. The number of nitrogens with one attached hydrogen (secondary N) is 1. The lowest BCUT2D eigenvalue weighted by atomic mass is 10.0.